The monoisotopic (exact) mass is 306 g/mol. The quantitative estimate of drug-likeness (QED) is 0.729. The van der Waals surface area contributed by atoms with E-state index in [0.29, 0.717) is 35.8 Å². The molecule has 0 saturated carbocycles. The summed E-state index contributed by atoms with van der Waals surface area (Å²) in [5.41, 5.74) is -0.549. The standard InChI is InChI=1S/C18H26O4/c1-11(2)7-13-9-17(5,21-15(13)19)18(6)10-14(8-12(3)4)16(20)22-18/h9-12H,7-8H2,1-6H3/t17-,18-/m1/s1. The van der Waals surface area contributed by atoms with Gasteiger partial charge in [-0.2, -0.15) is 0 Å². The van der Waals surface area contributed by atoms with Crippen LogP contribution in [-0.4, -0.2) is 23.1 Å². The lowest BCUT2D eigenvalue weighted by molar-refractivity contribution is -0.174. The van der Waals surface area contributed by atoms with E-state index >= 15 is 0 Å². The maximum absolute atomic E-state index is 12.1. The SMILES string of the molecule is CC(C)CC1=C[C@](C)([C@@]2(C)C=C(CC(C)C)C(=O)O2)OC1=O. The Hall–Kier alpha value is -1.58. The van der Waals surface area contributed by atoms with Crippen LogP contribution in [0.4, 0.5) is 0 Å². The lowest BCUT2D eigenvalue weighted by atomic mass is 9.84. The molecule has 2 atom stereocenters. The fraction of sp³-hybridized carbons (Fsp3) is 0.667. The lowest BCUT2D eigenvalue weighted by Crippen LogP contribution is -2.48. The molecule has 4 heteroatoms. The highest BCUT2D eigenvalue weighted by molar-refractivity contribution is 5.94. The molecule has 0 amide bonds. The average molecular weight is 306 g/mol. The molecule has 0 aromatic carbocycles. The van der Waals surface area contributed by atoms with Crippen LogP contribution in [0.15, 0.2) is 23.3 Å². The summed E-state index contributed by atoms with van der Waals surface area (Å²) in [5.74, 6) is 0.123. The number of cyclic esters (lactones) is 2. The highest BCUT2D eigenvalue weighted by Crippen LogP contribution is 2.43. The maximum atomic E-state index is 12.1. The molecule has 0 radical (unpaired) electrons. The van der Waals surface area contributed by atoms with Gasteiger partial charge in [-0.3, -0.25) is 0 Å². The Balaban J connectivity index is 2.30. The minimum Gasteiger partial charge on any atom is -0.447 e. The number of hydrogen-bond acceptors (Lipinski definition) is 4. The summed E-state index contributed by atoms with van der Waals surface area (Å²) < 4.78 is 11.2. The van der Waals surface area contributed by atoms with Gasteiger partial charge in [-0.1, -0.05) is 27.7 Å². The van der Waals surface area contributed by atoms with E-state index in [9.17, 15) is 9.59 Å². The highest BCUT2D eigenvalue weighted by atomic mass is 16.6. The molecule has 2 aliphatic rings. The molecule has 0 saturated heterocycles. The van der Waals surface area contributed by atoms with E-state index in [1.165, 1.54) is 0 Å². The number of rotatable bonds is 5. The van der Waals surface area contributed by atoms with Crippen LogP contribution in [0.1, 0.15) is 54.4 Å². The summed E-state index contributed by atoms with van der Waals surface area (Å²) in [6.45, 7) is 11.8. The molecule has 2 rings (SSSR count). The molecular weight excluding hydrogens is 280 g/mol. The second kappa shape index (κ2) is 5.56. The molecule has 0 aliphatic carbocycles. The molecule has 0 fully saturated rings. The Morgan fingerprint density at radius 1 is 0.818 bits per heavy atom. The van der Waals surface area contributed by atoms with Gasteiger partial charge >= 0.3 is 11.9 Å². The molecule has 0 N–H and O–H groups in total. The van der Waals surface area contributed by atoms with Gasteiger partial charge in [-0.15, -0.1) is 0 Å². The minimum absolute atomic E-state index is 0.306. The Labute approximate surface area is 132 Å². The third-order valence-corrected chi connectivity index (χ3v) is 4.28. The number of ether oxygens (including phenoxy) is 2. The minimum atomic E-state index is -0.942. The van der Waals surface area contributed by atoms with Gasteiger partial charge in [0.05, 0.1) is 0 Å². The summed E-state index contributed by atoms with van der Waals surface area (Å²) in [7, 11) is 0. The third-order valence-electron chi connectivity index (χ3n) is 4.28. The molecule has 0 unspecified atom stereocenters. The van der Waals surface area contributed by atoms with Gasteiger partial charge in [0.25, 0.3) is 0 Å². The molecule has 2 aliphatic heterocycles. The van der Waals surface area contributed by atoms with E-state index in [-0.39, 0.29) is 11.9 Å². The predicted octanol–water partition coefficient (Wildman–Crippen LogP) is 3.56. The molecule has 4 nitrogen and oxygen atoms in total. The Kier molecular flexibility index (Phi) is 4.24. The van der Waals surface area contributed by atoms with Crippen LogP contribution in [-0.2, 0) is 19.1 Å². The van der Waals surface area contributed by atoms with Crippen molar-refractivity contribution in [3.63, 3.8) is 0 Å². The zero-order chi connectivity index (χ0) is 16.7. The molecule has 0 aromatic heterocycles. The van der Waals surface area contributed by atoms with Gasteiger partial charge in [-0.25, -0.2) is 9.59 Å². The highest BCUT2D eigenvalue weighted by Gasteiger charge is 2.55. The van der Waals surface area contributed by atoms with E-state index in [0.717, 1.165) is 0 Å². The van der Waals surface area contributed by atoms with Crippen molar-refractivity contribution < 1.29 is 19.1 Å². The summed E-state index contributed by atoms with van der Waals surface area (Å²) >= 11 is 0. The van der Waals surface area contributed by atoms with E-state index in [4.69, 9.17) is 9.47 Å². The second-order valence-electron chi connectivity index (χ2n) is 7.53. The van der Waals surface area contributed by atoms with Crippen molar-refractivity contribution in [1.82, 2.24) is 0 Å². The number of carbonyl (C=O) groups is 2. The molecule has 22 heavy (non-hydrogen) atoms. The van der Waals surface area contributed by atoms with Crippen molar-refractivity contribution in [3.8, 4) is 0 Å². The van der Waals surface area contributed by atoms with Crippen LogP contribution < -0.4 is 0 Å². The van der Waals surface area contributed by atoms with Gasteiger partial charge in [-0.05, 0) is 50.7 Å². The number of esters is 2. The third kappa shape index (κ3) is 2.96. The van der Waals surface area contributed by atoms with E-state index in [1.54, 1.807) is 13.8 Å². The van der Waals surface area contributed by atoms with E-state index < -0.39 is 11.2 Å². The smallest absolute Gasteiger partial charge is 0.334 e. The fourth-order valence-corrected chi connectivity index (χ4v) is 3.01. The topological polar surface area (TPSA) is 52.6 Å². The molecule has 0 spiro atoms. The van der Waals surface area contributed by atoms with Crippen LogP contribution in [0.2, 0.25) is 0 Å². The summed E-state index contributed by atoms with van der Waals surface area (Å²) in [6, 6.07) is 0. The van der Waals surface area contributed by atoms with Crippen molar-refractivity contribution in [2.45, 2.75) is 65.6 Å². The second-order valence-corrected chi connectivity index (χ2v) is 7.53. The first-order chi connectivity index (χ1) is 10.1. The van der Waals surface area contributed by atoms with Crippen LogP contribution in [0.25, 0.3) is 0 Å². The Bertz CT molecular complexity index is 505. The molecule has 2 heterocycles. The van der Waals surface area contributed by atoms with E-state index in [1.807, 2.05) is 12.2 Å². The van der Waals surface area contributed by atoms with Gasteiger partial charge in [0.1, 0.15) is 0 Å². The first-order valence-corrected chi connectivity index (χ1v) is 7.96. The predicted molar refractivity (Wildman–Crippen MR) is 84.1 cm³/mol. The number of carbonyl (C=O) groups excluding carboxylic acids is 2. The zero-order valence-electron chi connectivity index (χ0n) is 14.4. The van der Waals surface area contributed by atoms with Crippen LogP contribution >= 0.6 is 0 Å². The fourth-order valence-electron chi connectivity index (χ4n) is 3.01. The largest absolute Gasteiger partial charge is 0.447 e. The van der Waals surface area contributed by atoms with Crippen molar-refractivity contribution in [2.75, 3.05) is 0 Å². The Morgan fingerprint density at radius 3 is 1.41 bits per heavy atom. The van der Waals surface area contributed by atoms with E-state index in [2.05, 4.69) is 27.7 Å². The van der Waals surface area contributed by atoms with Gasteiger partial charge in [0.2, 0.25) is 0 Å². The summed E-state index contributed by atoms with van der Waals surface area (Å²) in [5, 5.41) is 0. The summed E-state index contributed by atoms with van der Waals surface area (Å²) in [6.07, 6.45) is 5.00. The lowest BCUT2D eigenvalue weighted by Gasteiger charge is -2.35. The molecule has 0 bridgehead atoms. The van der Waals surface area contributed by atoms with Gasteiger partial charge in [0, 0.05) is 11.1 Å². The van der Waals surface area contributed by atoms with Crippen LogP contribution in [0.3, 0.4) is 0 Å². The van der Waals surface area contributed by atoms with Crippen LogP contribution in [0, 0.1) is 11.8 Å². The molecule has 122 valence electrons. The van der Waals surface area contributed by atoms with Gasteiger partial charge in [0.15, 0.2) is 11.2 Å². The first-order valence-electron chi connectivity index (χ1n) is 7.96. The molecule has 0 aromatic rings. The maximum Gasteiger partial charge on any atom is 0.334 e. The molecular formula is C18H26O4. The normalized spacial score (nSPS) is 31.5. The zero-order valence-corrected chi connectivity index (χ0v) is 14.4. The van der Waals surface area contributed by atoms with Crippen molar-refractivity contribution in [3.05, 3.63) is 23.3 Å². The van der Waals surface area contributed by atoms with Gasteiger partial charge < -0.3 is 9.47 Å². The average Bonchev–Trinajstić information content (AvgIpc) is 2.78. The number of hydrogen-bond donors (Lipinski definition) is 0. The van der Waals surface area contributed by atoms with Crippen molar-refractivity contribution in [1.29, 1.82) is 0 Å². The first kappa shape index (κ1) is 16.8. The summed E-state index contributed by atoms with van der Waals surface area (Å²) in [4.78, 5) is 24.2. The van der Waals surface area contributed by atoms with Crippen molar-refractivity contribution >= 4 is 11.9 Å². The van der Waals surface area contributed by atoms with Crippen LogP contribution in [0.5, 0.6) is 0 Å². The van der Waals surface area contributed by atoms with Crippen molar-refractivity contribution in [2.24, 2.45) is 11.8 Å². The Morgan fingerprint density at radius 2 is 1.14 bits per heavy atom.